The first kappa shape index (κ1) is 20.9. The molecule has 2 aromatic carbocycles. The molecule has 2 amide bonds. The van der Waals surface area contributed by atoms with Crippen molar-refractivity contribution in [2.24, 2.45) is 0 Å². The highest BCUT2D eigenvalue weighted by Crippen LogP contribution is 2.29. The summed E-state index contributed by atoms with van der Waals surface area (Å²) < 4.78 is 0. The minimum Gasteiger partial charge on any atom is -0.371 e. The van der Waals surface area contributed by atoms with E-state index in [0.717, 1.165) is 37.2 Å². The van der Waals surface area contributed by atoms with Crippen LogP contribution in [0.5, 0.6) is 0 Å². The molecule has 1 unspecified atom stereocenters. The van der Waals surface area contributed by atoms with E-state index in [1.165, 1.54) is 0 Å². The molecule has 1 aliphatic heterocycles. The SMILES string of the molecule is CCC(C(=O)Nc1ccc(N2CCCC2)c(C(=O)NC(C)C)c1)c1ccccc1. The number of anilines is 2. The van der Waals surface area contributed by atoms with Crippen molar-refractivity contribution in [2.75, 3.05) is 23.3 Å². The Kier molecular flexibility index (Phi) is 6.91. The summed E-state index contributed by atoms with van der Waals surface area (Å²) in [5, 5.41) is 6.01. The predicted molar refractivity (Wildman–Crippen MR) is 119 cm³/mol. The van der Waals surface area contributed by atoms with Gasteiger partial charge in [-0.2, -0.15) is 0 Å². The Morgan fingerprint density at radius 1 is 1.03 bits per heavy atom. The lowest BCUT2D eigenvalue weighted by Gasteiger charge is -2.23. The standard InChI is InChI=1S/C24H31N3O2/c1-4-20(18-10-6-5-7-11-18)23(28)26-19-12-13-22(27-14-8-9-15-27)21(16-19)24(29)25-17(2)3/h5-7,10-13,16-17,20H,4,8-9,14-15H2,1-3H3,(H,25,29)(H,26,28). The molecule has 5 nitrogen and oxygen atoms in total. The number of carbonyl (C=O) groups excluding carboxylic acids is 2. The molecule has 0 radical (unpaired) electrons. The van der Waals surface area contributed by atoms with E-state index in [-0.39, 0.29) is 23.8 Å². The molecule has 0 saturated carbocycles. The van der Waals surface area contributed by atoms with Crippen LogP contribution in [-0.4, -0.2) is 30.9 Å². The van der Waals surface area contributed by atoms with Crippen molar-refractivity contribution >= 4 is 23.2 Å². The third-order valence-corrected chi connectivity index (χ3v) is 5.30. The van der Waals surface area contributed by atoms with E-state index in [9.17, 15) is 9.59 Å². The smallest absolute Gasteiger partial charge is 0.253 e. The maximum absolute atomic E-state index is 12.9. The van der Waals surface area contributed by atoms with Crippen molar-refractivity contribution in [2.45, 2.75) is 52.0 Å². The lowest BCUT2D eigenvalue weighted by molar-refractivity contribution is -0.117. The molecule has 1 atom stereocenters. The first-order valence-corrected chi connectivity index (χ1v) is 10.5. The Morgan fingerprint density at radius 2 is 1.72 bits per heavy atom. The number of benzene rings is 2. The van der Waals surface area contributed by atoms with Crippen LogP contribution >= 0.6 is 0 Å². The van der Waals surface area contributed by atoms with E-state index < -0.39 is 0 Å². The van der Waals surface area contributed by atoms with Crippen LogP contribution in [0.4, 0.5) is 11.4 Å². The normalized spacial score (nSPS) is 14.7. The summed E-state index contributed by atoms with van der Waals surface area (Å²) in [6.07, 6.45) is 2.99. The molecule has 5 heteroatoms. The molecule has 1 aliphatic rings. The van der Waals surface area contributed by atoms with Gasteiger partial charge in [0.15, 0.2) is 0 Å². The zero-order valence-corrected chi connectivity index (χ0v) is 17.6. The monoisotopic (exact) mass is 393 g/mol. The molecule has 1 fully saturated rings. The summed E-state index contributed by atoms with van der Waals surface area (Å²) in [5.74, 6) is -0.377. The summed E-state index contributed by atoms with van der Waals surface area (Å²) in [7, 11) is 0. The molecule has 0 spiro atoms. The van der Waals surface area contributed by atoms with Crippen LogP contribution in [0.25, 0.3) is 0 Å². The summed E-state index contributed by atoms with van der Waals surface area (Å²) >= 11 is 0. The Bertz CT molecular complexity index is 842. The molecule has 29 heavy (non-hydrogen) atoms. The average molecular weight is 394 g/mol. The Morgan fingerprint density at radius 3 is 2.34 bits per heavy atom. The second-order valence-electron chi connectivity index (χ2n) is 7.92. The van der Waals surface area contributed by atoms with E-state index in [1.807, 2.05) is 63.2 Å². The zero-order valence-electron chi connectivity index (χ0n) is 17.6. The molecule has 0 aromatic heterocycles. The van der Waals surface area contributed by atoms with Gasteiger partial charge >= 0.3 is 0 Å². The molecule has 0 bridgehead atoms. The quantitative estimate of drug-likeness (QED) is 0.725. The first-order chi connectivity index (χ1) is 14.0. The van der Waals surface area contributed by atoms with Crippen molar-refractivity contribution in [3.05, 3.63) is 59.7 Å². The van der Waals surface area contributed by atoms with Gasteiger partial charge in [0.2, 0.25) is 5.91 Å². The van der Waals surface area contributed by atoms with E-state index in [4.69, 9.17) is 0 Å². The lowest BCUT2D eigenvalue weighted by atomic mass is 9.95. The fraction of sp³-hybridized carbons (Fsp3) is 0.417. The zero-order chi connectivity index (χ0) is 20.8. The van der Waals surface area contributed by atoms with Crippen LogP contribution < -0.4 is 15.5 Å². The number of rotatable bonds is 7. The van der Waals surface area contributed by atoms with Crippen molar-refractivity contribution in [3.63, 3.8) is 0 Å². The van der Waals surface area contributed by atoms with Gasteiger partial charge < -0.3 is 15.5 Å². The number of hydrogen-bond acceptors (Lipinski definition) is 3. The van der Waals surface area contributed by atoms with Gasteiger partial charge in [-0.05, 0) is 56.9 Å². The van der Waals surface area contributed by atoms with Crippen LogP contribution in [0.1, 0.15) is 61.9 Å². The molecular weight excluding hydrogens is 362 g/mol. The summed E-state index contributed by atoms with van der Waals surface area (Å²) in [6, 6.07) is 15.5. The second-order valence-corrected chi connectivity index (χ2v) is 7.92. The van der Waals surface area contributed by atoms with Gasteiger partial charge in [-0.25, -0.2) is 0 Å². The Labute approximate surface area is 173 Å². The van der Waals surface area contributed by atoms with Gasteiger partial charge in [0.05, 0.1) is 11.5 Å². The fourth-order valence-corrected chi connectivity index (χ4v) is 3.86. The molecule has 154 valence electrons. The largest absolute Gasteiger partial charge is 0.371 e. The Balaban J connectivity index is 1.85. The summed E-state index contributed by atoms with van der Waals surface area (Å²) in [4.78, 5) is 28.0. The van der Waals surface area contributed by atoms with Crippen molar-refractivity contribution in [3.8, 4) is 0 Å². The maximum atomic E-state index is 12.9. The van der Waals surface area contributed by atoms with Crippen molar-refractivity contribution in [1.82, 2.24) is 5.32 Å². The van der Waals surface area contributed by atoms with Crippen LogP contribution in [-0.2, 0) is 4.79 Å². The topological polar surface area (TPSA) is 61.4 Å². The van der Waals surface area contributed by atoms with Crippen LogP contribution in [0.15, 0.2) is 48.5 Å². The third-order valence-electron chi connectivity index (χ3n) is 5.30. The molecule has 1 heterocycles. The van der Waals surface area contributed by atoms with Gasteiger partial charge in [0.25, 0.3) is 5.91 Å². The van der Waals surface area contributed by atoms with Crippen LogP contribution in [0, 0.1) is 0 Å². The number of carbonyl (C=O) groups is 2. The van der Waals surface area contributed by atoms with Gasteiger partial charge in [-0.15, -0.1) is 0 Å². The first-order valence-electron chi connectivity index (χ1n) is 10.5. The van der Waals surface area contributed by atoms with E-state index >= 15 is 0 Å². The maximum Gasteiger partial charge on any atom is 0.253 e. The highest BCUT2D eigenvalue weighted by atomic mass is 16.2. The molecule has 1 saturated heterocycles. The summed E-state index contributed by atoms with van der Waals surface area (Å²) in [5.41, 5.74) is 3.21. The second kappa shape index (κ2) is 9.59. The highest BCUT2D eigenvalue weighted by molar-refractivity contribution is 6.03. The van der Waals surface area contributed by atoms with Gasteiger partial charge in [-0.1, -0.05) is 37.3 Å². The number of nitrogens with zero attached hydrogens (tertiary/aromatic N) is 1. The third kappa shape index (κ3) is 5.17. The number of amides is 2. The summed E-state index contributed by atoms with van der Waals surface area (Å²) in [6.45, 7) is 7.82. The lowest BCUT2D eigenvalue weighted by Crippen LogP contribution is -2.32. The Hall–Kier alpha value is -2.82. The van der Waals surface area contributed by atoms with E-state index in [1.54, 1.807) is 6.07 Å². The average Bonchev–Trinajstić information content (AvgIpc) is 3.23. The van der Waals surface area contributed by atoms with Crippen LogP contribution in [0.3, 0.4) is 0 Å². The minimum atomic E-state index is -0.220. The molecule has 2 aromatic rings. The molecule has 3 rings (SSSR count). The van der Waals surface area contributed by atoms with Crippen molar-refractivity contribution in [1.29, 1.82) is 0 Å². The van der Waals surface area contributed by atoms with E-state index in [0.29, 0.717) is 17.7 Å². The molecule has 0 aliphatic carbocycles. The number of hydrogen-bond donors (Lipinski definition) is 2. The molecular formula is C24H31N3O2. The van der Waals surface area contributed by atoms with Gasteiger partial charge in [-0.3, -0.25) is 9.59 Å². The minimum absolute atomic E-state index is 0.0507. The van der Waals surface area contributed by atoms with E-state index in [2.05, 4.69) is 15.5 Å². The van der Waals surface area contributed by atoms with Gasteiger partial charge in [0, 0.05) is 30.5 Å². The van der Waals surface area contributed by atoms with Crippen LogP contribution in [0.2, 0.25) is 0 Å². The van der Waals surface area contributed by atoms with Gasteiger partial charge in [0.1, 0.15) is 0 Å². The molecule has 2 N–H and O–H groups in total. The predicted octanol–water partition coefficient (Wildman–Crippen LogP) is 4.56. The highest BCUT2D eigenvalue weighted by Gasteiger charge is 2.22. The fourth-order valence-electron chi connectivity index (χ4n) is 3.86. The van der Waals surface area contributed by atoms with Crippen molar-refractivity contribution < 1.29 is 9.59 Å². The number of nitrogens with one attached hydrogen (secondary N) is 2.